The molecule has 0 aromatic heterocycles. The second-order valence-electron chi connectivity index (χ2n) is 4.54. The number of hydrazone groups is 1. The molecule has 7 nitrogen and oxygen atoms in total. The predicted octanol–water partition coefficient (Wildman–Crippen LogP) is 1.50. The fourth-order valence-electron chi connectivity index (χ4n) is 1.72. The van der Waals surface area contributed by atoms with Crippen molar-refractivity contribution in [1.82, 2.24) is 5.43 Å². The van der Waals surface area contributed by atoms with Gasteiger partial charge in [0.1, 0.15) is 5.75 Å². The number of ether oxygens (including phenoxy) is 1. The molecular formula is C16H15N3O4. The molecule has 23 heavy (non-hydrogen) atoms. The van der Waals surface area contributed by atoms with Crippen molar-refractivity contribution in [2.75, 3.05) is 12.3 Å². The number of nitrogens with two attached hydrogens (primary N) is 1. The van der Waals surface area contributed by atoms with Crippen LogP contribution in [0.4, 0.5) is 5.69 Å². The number of hydrogen-bond donors (Lipinski definition) is 3. The van der Waals surface area contributed by atoms with Gasteiger partial charge in [0.25, 0.3) is 5.91 Å². The Morgan fingerprint density at radius 3 is 2.52 bits per heavy atom. The molecular weight excluding hydrogens is 298 g/mol. The van der Waals surface area contributed by atoms with Crippen LogP contribution in [0.1, 0.15) is 15.9 Å². The Bertz CT molecular complexity index is 726. The highest BCUT2D eigenvalue weighted by Gasteiger charge is 2.06. The largest absolute Gasteiger partial charge is 0.482 e. The first kappa shape index (κ1) is 16.0. The average molecular weight is 313 g/mol. The Morgan fingerprint density at radius 2 is 1.87 bits per heavy atom. The SMILES string of the molecule is Nc1ccccc1C(=O)N/N=C/c1ccc(OCC(=O)O)cc1. The number of carboxylic acids is 1. The van der Waals surface area contributed by atoms with Crippen molar-refractivity contribution in [1.29, 1.82) is 0 Å². The first-order valence-electron chi connectivity index (χ1n) is 6.69. The molecule has 0 aliphatic heterocycles. The molecule has 0 radical (unpaired) electrons. The number of carbonyl (C=O) groups is 2. The third kappa shape index (κ3) is 4.85. The van der Waals surface area contributed by atoms with E-state index < -0.39 is 18.5 Å². The number of nitrogens with zero attached hydrogens (tertiary/aromatic N) is 1. The molecule has 0 aliphatic carbocycles. The van der Waals surface area contributed by atoms with Crippen molar-refractivity contribution in [2.45, 2.75) is 0 Å². The van der Waals surface area contributed by atoms with Crippen LogP contribution in [-0.4, -0.2) is 29.8 Å². The number of aliphatic carboxylic acids is 1. The molecule has 0 spiro atoms. The molecule has 0 unspecified atom stereocenters. The van der Waals surface area contributed by atoms with Crippen molar-refractivity contribution in [3.05, 3.63) is 59.7 Å². The van der Waals surface area contributed by atoms with Crippen LogP contribution in [-0.2, 0) is 4.79 Å². The minimum Gasteiger partial charge on any atom is -0.482 e. The number of nitrogen functional groups attached to an aromatic ring is 1. The highest BCUT2D eigenvalue weighted by Crippen LogP contribution is 2.11. The van der Waals surface area contributed by atoms with Crippen LogP contribution >= 0.6 is 0 Å². The zero-order valence-electron chi connectivity index (χ0n) is 12.1. The molecule has 2 aromatic rings. The van der Waals surface area contributed by atoms with Crippen molar-refractivity contribution >= 4 is 23.8 Å². The average Bonchev–Trinajstić information content (AvgIpc) is 2.54. The fraction of sp³-hybridized carbons (Fsp3) is 0.0625. The van der Waals surface area contributed by atoms with Gasteiger partial charge in [-0.15, -0.1) is 0 Å². The number of carbonyl (C=O) groups excluding carboxylic acids is 1. The highest BCUT2D eigenvalue weighted by molar-refractivity contribution is 5.99. The summed E-state index contributed by atoms with van der Waals surface area (Å²) in [5.41, 5.74) is 9.53. The number of nitrogens with one attached hydrogen (secondary N) is 1. The summed E-state index contributed by atoms with van der Waals surface area (Å²) in [4.78, 5) is 22.3. The van der Waals surface area contributed by atoms with Gasteiger partial charge in [-0.1, -0.05) is 12.1 Å². The maximum Gasteiger partial charge on any atom is 0.341 e. The fourth-order valence-corrected chi connectivity index (χ4v) is 1.72. The quantitative estimate of drug-likeness (QED) is 0.425. The Kier molecular flexibility index (Phi) is 5.30. The molecule has 0 aliphatic rings. The number of carboxylic acid groups (broad SMARTS) is 1. The van der Waals surface area contributed by atoms with Crippen LogP contribution in [0.2, 0.25) is 0 Å². The predicted molar refractivity (Wildman–Crippen MR) is 85.5 cm³/mol. The summed E-state index contributed by atoms with van der Waals surface area (Å²) in [6.45, 7) is -0.401. The Balaban J connectivity index is 1.92. The second kappa shape index (κ2) is 7.60. The van der Waals surface area contributed by atoms with E-state index in [-0.39, 0.29) is 0 Å². The molecule has 0 saturated heterocycles. The van der Waals surface area contributed by atoms with Gasteiger partial charge in [0, 0.05) is 5.69 Å². The minimum atomic E-state index is -1.04. The van der Waals surface area contributed by atoms with Crippen LogP contribution in [0.3, 0.4) is 0 Å². The first-order valence-corrected chi connectivity index (χ1v) is 6.69. The number of para-hydroxylation sites is 1. The summed E-state index contributed by atoms with van der Waals surface area (Å²) in [7, 11) is 0. The zero-order valence-corrected chi connectivity index (χ0v) is 12.1. The van der Waals surface area contributed by atoms with Gasteiger partial charge in [0.05, 0.1) is 11.8 Å². The summed E-state index contributed by atoms with van der Waals surface area (Å²) in [5, 5.41) is 12.4. The first-order chi connectivity index (χ1) is 11.1. The molecule has 0 heterocycles. The molecule has 0 saturated carbocycles. The third-order valence-corrected chi connectivity index (χ3v) is 2.83. The monoisotopic (exact) mass is 313 g/mol. The van der Waals surface area contributed by atoms with Gasteiger partial charge in [-0.05, 0) is 42.0 Å². The Morgan fingerprint density at radius 1 is 1.17 bits per heavy atom. The minimum absolute atomic E-state index is 0.349. The molecule has 4 N–H and O–H groups in total. The zero-order chi connectivity index (χ0) is 16.7. The number of amides is 1. The van der Waals surface area contributed by atoms with E-state index in [1.54, 1.807) is 48.5 Å². The smallest absolute Gasteiger partial charge is 0.341 e. The van der Waals surface area contributed by atoms with Crippen LogP contribution in [0.5, 0.6) is 5.75 Å². The lowest BCUT2D eigenvalue weighted by Crippen LogP contribution is -2.18. The van der Waals surface area contributed by atoms with E-state index in [2.05, 4.69) is 10.5 Å². The lowest BCUT2D eigenvalue weighted by Gasteiger charge is -2.04. The van der Waals surface area contributed by atoms with Gasteiger partial charge in [0.2, 0.25) is 0 Å². The summed E-state index contributed by atoms with van der Waals surface area (Å²) in [5.74, 6) is -1.01. The lowest BCUT2D eigenvalue weighted by atomic mass is 10.2. The van der Waals surface area contributed by atoms with E-state index in [0.29, 0.717) is 22.6 Å². The molecule has 118 valence electrons. The molecule has 2 rings (SSSR count). The van der Waals surface area contributed by atoms with E-state index in [4.69, 9.17) is 15.6 Å². The van der Waals surface area contributed by atoms with E-state index >= 15 is 0 Å². The van der Waals surface area contributed by atoms with E-state index in [0.717, 1.165) is 0 Å². The molecule has 2 aromatic carbocycles. The van der Waals surface area contributed by atoms with Gasteiger partial charge in [0.15, 0.2) is 6.61 Å². The van der Waals surface area contributed by atoms with Gasteiger partial charge >= 0.3 is 5.97 Å². The third-order valence-electron chi connectivity index (χ3n) is 2.83. The lowest BCUT2D eigenvalue weighted by molar-refractivity contribution is -0.139. The highest BCUT2D eigenvalue weighted by atomic mass is 16.5. The van der Waals surface area contributed by atoms with Gasteiger partial charge in [-0.3, -0.25) is 4.79 Å². The van der Waals surface area contributed by atoms with Gasteiger partial charge < -0.3 is 15.6 Å². The Labute approximate surface area is 132 Å². The standard InChI is InChI=1S/C16H15N3O4/c17-14-4-2-1-3-13(14)16(22)19-18-9-11-5-7-12(8-6-11)23-10-15(20)21/h1-9H,10,17H2,(H,19,22)(H,20,21)/b18-9+. The van der Waals surface area contributed by atoms with Crippen LogP contribution in [0.15, 0.2) is 53.6 Å². The molecule has 1 amide bonds. The molecule has 0 atom stereocenters. The number of benzene rings is 2. The normalized spacial score (nSPS) is 10.4. The van der Waals surface area contributed by atoms with Crippen LogP contribution in [0.25, 0.3) is 0 Å². The van der Waals surface area contributed by atoms with Crippen LogP contribution in [0, 0.1) is 0 Å². The van der Waals surface area contributed by atoms with Crippen molar-refractivity contribution < 1.29 is 19.4 Å². The van der Waals surface area contributed by atoms with Gasteiger partial charge in [-0.2, -0.15) is 5.10 Å². The second-order valence-corrected chi connectivity index (χ2v) is 4.54. The van der Waals surface area contributed by atoms with Crippen molar-refractivity contribution in [2.24, 2.45) is 5.10 Å². The maximum atomic E-state index is 11.9. The molecule has 7 heteroatoms. The van der Waals surface area contributed by atoms with Crippen molar-refractivity contribution in [3.63, 3.8) is 0 Å². The summed E-state index contributed by atoms with van der Waals surface area (Å²) < 4.78 is 5.01. The summed E-state index contributed by atoms with van der Waals surface area (Å²) in [6, 6.07) is 13.3. The molecule has 0 fully saturated rings. The van der Waals surface area contributed by atoms with Crippen LogP contribution < -0.4 is 15.9 Å². The summed E-state index contributed by atoms with van der Waals surface area (Å²) in [6.07, 6.45) is 1.46. The number of anilines is 1. The van der Waals surface area contributed by atoms with E-state index in [9.17, 15) is 9.59 Å². The number of hydrogen-bond acceptors (Lipinski definition) is 5. The topological polar surface area (TPSA) is 114 Å². The number of rotatable bonds is 6. The van der Waals surface area contributed by atoms with E-state index in [1.165, 1.54) is 6.21 Å². The van der Waals surface area contributed by atoms with E-state index in [1.807, 2.05) is 0 Å². The molecule has 0 bridgehead atoms. The maximum absolute atomic E-state index is 11.9. The van der Waals surface area contributed by atoms with Gasteiger partial charge in [-0.25, -0.2) is 10.2 Å². The van der Waals surface area contributed by atoms with Crippen molar-refractivity contribution in [3.8, 4) is 5.75 Å². The Hall–Kier alpha value is -3.35. The summed E-state index contributed by atoms with van der Waals surface area (Å²) >= 11 is 0.